The number of nitrogens with two attached hydrogens (primary N) is 1. The summed E-state index contributed by atoms with van der Waals surface area (Å²) in [7, 11) is 0. The van der Waals surface area contributed by atoms with E-state index in [-0.39, 0.29) is 11.9 Å². The lowest BCUT2D eigenvalue weighted by Gasteiger charge is -2.13. The summed E-state index contributed by atoms with van der Waals surface area (Å²) in [6.45, 7) is 2.38. The smallest absolute Gasteiger partial charge is 0.123 e. The summed E-state index contributed by atoms with van der Waals surface area (Å²) in [4.78, 5) is 0. The zero-order valence-corrected chi connectivity index (χ0v) is 11.0. The highest BCUT2D eigenvalue weighted by Gasteiger charge is 2.08. The van der Waals surface area contributed by atoms with Gasteiger partial charge in [0.2, 0.25) is 0 Å². The molecule has 3 heteroatoms. The second-order valence-corrected chi connectivity index (χ2v) is 4.62. The van der Waals surface area contributed by atoms with Gasteiger partial charge >= 0.3 is 0 Å². The van der Waals surface area contributed by atoms with Crippen LogP contribution in [0.4, 0.5) is 4.39 Å². The van der Waals surface area contributed by atoms with Gasteiger partial charge in [0.15, 0.2) is 0 Å². The Balaban J connectivity index is 1.89. The summed E-state index contributed by atoms with van der Waals surface area (Å²) < 4.78 is 18.9. The Kier molecular flexibility index (Phi) is 4.53. The Hall–Kier alpha value is -1.87. The zero-order chi connectivity index (χ0) is 13.7. The number of halogens is 1. The first-order valence-corrected chi connectivity index (χ1v) is 6.35. The van der Waals surface area contributed by atoms with Crippen molar-refractivity contribution in [2.45, 2.75) is 19.4 Å². The summed E-state index contributed by atoms with van der Waals surface area (Å²) >= 11 is 0. The van der Waals surface area contributed by atoms with Crippen molar-refractivity contribution in [3.05, 3.63) is 65.5 Å². The molecule has 2 nitrogen and oxygen atoms in total. The first kappa shape index (κ1) is 13.6. The van der Waals surface area contributed by atoms with Crippen LogP contribution in [0.25, 0.3) is 0 Å². The monoisotopic (exact) mass is 259 g/mol. The Bertz CT molecular complexity index is 507. The van der Waals surface area contributed by atoms with Crippen LogP contribution in [0, 0.1) is 12.7 Å². The van der Waals surface area contributed by atoms with Crippen LogP contribution < -0.4 is 10.5 Å². The van der Waals surface area contributed by atoms with Crippen LogP contribution in [0.2, 0.25) is 0 Å². The molecule has 0 aromatic heterocycles. The fourth-order valence-corrected chi connectivity index (χ4v) is 1.97. The quantitative estimate of drug-likeness (QED) is 0.890. The average Bonchev–Trinajstić information content (AvgIpc) is 2.38. The fraction of sp³-hybridized carbons (Fsp3) is 0.250. The molecule has 0 saturated carbocycles. The topological polar surface area (TPSA) is 35.2 Å². The van der Waals surface area contributed by atoms with Crippen LogP contribution in [-0.2, 0) is 0 Å². The van der Waals surface area contributed by atoms with Crippen LogP contribution in [0.3, 0.4) is 0 Å². The van der Waals surface area contributed by atoms with Crippen molar-refractivity contribution < 1.29 is 9.13 Å². The lowest BCUT2D eigenvalue weighted by molar-refractivity contribution is 0.298. The third-order valence-corrected chi connectivity index (χ3v) is 2.93. The Morgan fingerprint density at radius 2 is 1.89 bits per heavy atom. The van der Waals surface area contributed by atoms with Gasteiger partial charge in [-0.2, -0.15) is 0 Å². The van der Waals surface area contributed by atoms with E-state index in [1.54, 1.807) is 0 Å². The van der Waals surface area contributed by atoms with Crippen molar-refractivity contribution in [1.29, 1.82) is 0 Å². The molecule has 0 heterocycles. The summed E-state index contributed by atoms with van der Waals surface area (Å²) in [5, 5.41) is 0. The van der Waals surface area contributed by atoms with Gasteiger partial charge in [0.1, 0.15) is 11.6 Å². The molecule has 2 aromatic carbocycles. The van der Waals surface area contributed by atoms with E-state index in [0.717, 1.165) is 16.9 Å². The molecule has 2 rings (SSSR count). The van der Waals surface area contributed by atoms with E-state index in [1.807, 2.05) is 43.3 Å². The van der Waals surface area contributed by atoms with E-state index in [9.17, 15) is 4.39 Å². The maximum Gasteiger partial charge on any atom is 0.123 e. The average molecular weight is 259 g/mol. The summed E-state index contributed by atoms with van der Waals surface area (Å²) in [6.07, 6.45) is 0.651. The second-order valence-electron chi connectivity index (χ2n) is 4.62. The number of hydrogen-bond acceptors (Lipinski definition) is 2. The van der Waals surface area contributed by atoms with Crippen LogP contribution in [0.5, 0.6) is 5.75 Å². The fourth-order valence-electron chi connectivity index (χ4n) is 1.97. The van der Waals surface area contributed by atoms with Gasteiger partial charge in [0.25, 0.3) is 0 Å². The van der Waals surface area contributed by atoms with E-state index in [0.29, 0.717) is 13.0 Å². The standard InChI is InChI=1S/C16H18FNO/c1-12-9-13(11-14(17)10-12)16(18)7-8-19-15-5-3-2-4-6-15/h2-6,9-11,16H,7-8,18H2,1H3. The molecule has 2 aromatic rings. The van der Waals surface area contributed by atoms with Crippen molar-refractivity contribution in [1.82, 2.24) is 0 Å². The third-order valence-electron chi connectivity index (χ3n) is 2.93. The first-order valence-electron chi connectivity index (χ1n) is 6.35. The van der Waals surface area contributed by atoms with Gasteiger partial charge in [0.05, 0.1) is 6.61 Å². The highest BCUT2D eigenvalue weighted by molar-refractivity contribution is 5.26. The predicted molar refractivity (Wildman–Crippen MR) is 74.6 cm³/mol. The maximum absolute atomic E-state index is 13.3. The number of benzene rings is 2. The molecule has 100 valence electrons. The Morgan fingerprint density at radius 3 is 2.58 bits per heavy atom. The Labute approximate surface area is 113 Å². The van der Waals surface area contributed by atoms with E-state index in [4.69, 9.17) is 10.5 Å². The van der Waals surface area contributed by atoms with Crippen LogP contribution in [0.1, 0.15) is 23.6 Å². The molecule has 0 fully saturated rings. The van der Waals surface area contributed by atoms with Crippen molar-refractivity contribution in [3.63, 3.8) is 0 Å². The van der Waals surface area contributed by atoms with Crippen molar-refractivity contribution in [2.75, 3.05) is 6.61 Å². The lowest BCUT2D eigenvalue weighted by atomic mass is 10.0. The number of para-hydroxylation sites is 1. The molecule has 0 amide bonds. The van der Waals surface area contributed by atoms with E-state index >= 15 is 0 Å². The van der Waals surface area contributed by atoms with Gasteiger partial charge in [-0.25, -0.2) is 4.39 Å². The minimum Gasteiger partial charge on any atom is -0.494 e. The second kappa shape index (κ2) is 6.34. The molecule has 2 N–H and O–H groups in total. The largest absolute Gasteiger partial charge is 0.494 e. The van der Waals surface area contributed by atoms with Crippen molar-refractivity contribution in [2.24, 2.45) is 5.73 Å². The lowest BCUT2D eigenvalue weighted by Crippen LogP contribution is -2.14. The van der Waals surface area contributed by atoms with Crippen LogP contribution in [-0.4, -0.2) is 6.61 Å². The van der Waals surface area contributed by atoms with E-state index < -0.39 is 0 Å². The SMILES string of the molecule is Cc1cc(F)cc(C(N)CCOc2ccccc2)c1. The predicted octanol–water partition coefficient (Wildman–Crippen LogP) is 3.60. The molecule has 0 bridgehead atoms. The zero-order valence-electron chi connectivity index (χ0n) is 11.0. The molecule has 1 atom stereocenters. The summed E-state index contributed by atoms with van der Waals surface area (Å²) in [5.41, 5.74) is 7.75. The highest BCUT2D eigenvalue weighted by Crippen LogP contribution is 2.18. The number of rotatable bonds is 5. The molecule has 0 radical (unpaired) electrons. The minimum atomic E-state index is -0.241. The molecule has 0 aliphatic carbocycles. The molecule has 0 saturated heterocycles. The number of hydrogen-bond donors (Lipinski definition) is 1. The number of aryl methyl sites for hydroxylation is 1. The van der Waals surface area contributed by atoms with Crippen molar-refractivity contribution in [3.8, 4) is 5.75 Å². The van der Waals surface area contributed by atoms with Gasteiger partial charge in [-0.05, 0) is 42.3 Å². The highest BCUT2D eigenvalue weighted by atomic mass is 19.1. The Morgan fingerprint density at radius 1 is 1.16 bits per heavy atom. The normalized spacial score (nSPS) is 12.2. The van der Waals surface area contributed by atoms with Gasteiger partial charge in [0, 0.05) is 12.5 Å². The molecule has 0 aliphatic rings. The molecule has 19 heavy (non-hydrogen) atoms. The van der Waals surface area contributed by atoms with Gasteiger partial charge in [-0.15, -0.1) is 0 Å². The molecule has 0 spiro atoms. The van der Waals surface area contributed by atoms with Gasteiger partial charge < -0.3 is 10.5 Å². The molecular weight excluding hydrogens is 241 g/mol. The van der Waals surface area contributed by atoms with Crippen LogP contribution >= 0.6 is 0 Å². The van der Waals surface area contributed by atoms with Gasteiger partial charge in [-0.1, -0.05) is 24.3 Å². The minimum absolute atomic E-state index is 0.210. The summed E-state index contributed by atoms with van der Waals surface area (Å²) in [6, 6.07) is 14.3. The number of ether oxygens (including phenoxy) is 1. The first-order chi connectivity index (χ1) is 9.15. The molecular formula is C16H18FNO. The molecule has 1 unspecified atom stereocenters. The van der Waals surface area contributed by atoms with Crippen molar-refractivity contribution >= 4 is 0 Å². The van der Waals surface area contributed by atoms with E-state index in [1.165, 1.54) is 12.1 Å². The third kappa shape index (κ3) is 4.07. The molecule has 0 aliphatic heterocycles. The van der Waals surface area contributed by atoms with Gasteiger partial charge in [-0.3, -0.25) is 0 Å². The maximum atomic E-state index is 13.3. The van der Waals surface area contributed by atoms with Crippen LogP contribution in [0.15, 0.2) is 48.5 Å². The van der Waals surface area contributed by atoms with E-state index in [2.05, 4.69) is 0 Å². The summed E-state index contributed by atoms with van der Waals surface area (Å²) in [5.74, 6) is 0.583.